The first-order valence-corrected chi connectivity index (χ1v) is 6.38. The largest absolute Gasteiger partial charge is 0.318 e. The number of hydrogen-bond donors (Lipinski definition) is 5. The highest BCUT2D eigenvalue weighted by molar-refractivity contribution is 7.80. The van der Waals surface area contributed by atoms with Gasteiger partial charge in [-0.15, -0.1) is 0 Å². The first-order chi connectivity index (χ1) is 6.78. The fraction of sp³-hybridized carbons (Fsp3) is 1.00. The Labute approximate surface area is 98.6 Å². The third-order valence-electron chi connectivity index (χ3n) is 2.04. The Balaban J connectivity index is 3.63. The minimum absolute atomic E-state index is 0.435. The van der Waals surface area contributed by atoms with Crippen molar-refractivity contribution >= 4 is 25.3 Å². The summed E-state index contributed by atoms with van der Waals surface area (Å²) in [4.78, 5) is 0. The minimum atomic E-state index is 0.435. The van der Waals surface area contributed by atoms with Crippen molar-refractivity contribution in [2.75, 3.05) is 38.2 Å². The van der Waals surface area contributed by atoms with Crippen molar-refractivity contribution < 1.29 is 0 Å². The molecule has 14 heavy (non-hydrogen) atoms. The van der Waals surface area contributed by atoms with Crippen LogP contribution in [0.15, 0.2) is 0 Å². The molecule has 2 atom stereocenters. The zero-order valence-electron chi connectivity index (χ0n) is 9.08. The molecule has 0 rings (SSSR count). The zero-order valence-corrected chi connectivity index (χ0v) is 10.9. The lowest BCUT2D eigenvalue weighted by atomic mass is 10.2. The van der Waals surface area contributed by atoms with Crippen LogP contribution in [0.5, 0.6) is 0 Å². The number of nitrogens with one attached hydrogen (secondary N) is 3. The summed E-state index contributed by atoms with van der Waals surface area (Å²) in [5.74, 6) is 1.71. The van der Waals surface area contributed by atoms with Gasteiger partial charge in [0.05, 0.1) is 0 Å². The fourth-order valence-electron chi connectivity index (χ4n) is 1.25. The quantitative estimate of drug-likeness (QED) is 0.367. The van der Waals surface area contributed by atoms with E-state index in [1.54, 1.807) is 0 Å². The van der Waals surface area contributed by atoms with Crippen LogP contribution in [0.25, 0.3) is 0 Å². The van der Waals surface area contributed by atoms with Gasteiger partial charge in [-0.2, -0.15) is 25.3 Å². The third-order valence-corrected chi connectivity index (χ3v) is 2.92. The van der Waals surface area contributed by atoms with Crippen molar-refractivity contribution in [3.05, 3.63) is 0 Å². The van der Waals surface area contributed by atoms with Crippen LogP contribution in [0.1, 0.15) is 6.92 Å². The molecule has 0 fully saturated rings. The molecule has 0 aromatic rings. The number of likely N-dealkylation sites (N-methyl/N-ethyl adjacent to an activating group) is 2. The molecule has 0 heterocycles. The van der Waals surface area contributed by atoms with Crippen LogP contribution in [0.3, 0.4) is 0 Å². The molecular formula is C9H23N3S2. The molecule has 0 aliphatic rings. The van der Waals surface area contributed by atoms with Crippen molar-refractivity contribution in [3.63, 3.8) is 0 Å². The van der Waals surface area contributed by atoms with E-state index < -0.39 is 0 Å². The molecule has 0 radical (unpaired) electrons. The maximum Gasteiger partial charge on any atom is 0.0281 e. The van der Waals surface area contributed by atoms with E-state index in [4.69, 9.17) is 0 Å². The SMILES string of the molecule is CCN[C@H](CS)CN[C@@H](CS)CNC. The molecule has 0 saturated carbocycles. The van der Waals surface area contributed by atoms with Gasteiger partial charge in [0.2, 0.25) is 0 Å². The number of hydrogen-bond acceptors (Lipinski definition) is 5. The highest BCUT2D eigenvalue weighted by Gasteiger charge is 2.08. The first kappa shape index (κ1) is 14.6. The van der Waals surface area contributed by atoms with Crippen LogP contribution < -0.4 is 16.0 Å². The molecule has 5 heteroatoms. The second kappa shape index (κ2) is 10.1. The normalized spacial score (nSPS) is 15.4. The lowest BCUT2D eigenvalue weighted by molar-refractivity contribution is 0.467. The van der Waals surface area contributed by atoms with E-state index in [9.17, 15) is 0 Å². The Morgan fingerprint density at radius 2 is 1.57 bits per heavy atom. The van der Waals surface area contributed by atoms with E-state index in [0.29, 0.717) is 12.1 Å². The van der Waals surface area contributed by atoms with E-state index in [-0.39, 0.29) is 0 Å². The molecule has 0 bridgehead atoms. The molecule has 0 aliphatic carbocycles. The zero-order chi connectivity index (χ0) is 10.8. The topological polar surface area (TPSA) is 36.1 Å². The van der Waals surface area contributed by atoms with Gasteiger partial charge in [-0.3, -0.25) is 0 Å². The monoisotopic (exact) mass is 237 g/mol. The van der Waals surface area contributed by atoms with Gasteiger partial charge in [-0.05, 0) is 13.6 Å². The van der Waals surface area contributed by atoms with Gasteiger partial charge >= 0.3 is 0 Å². The van der Waals surface area contributed by atoms with Crippen molar-refractivity contribution in [1.82, 2.24) is 16.0 Å². The van der Waals surface area contributed by atoms with Gasteiger partial charge in [-0.1, -0.05) is 6.92 Å². The van der Waals surface area contributed by atoms with Crippen LogP contribution in [0, 0.1) is 0 Å². The maximum atomic E-state index is 4.30. The Morgan fingerprint density at radius 1 is 1.00 bits per heavy atom. The molecule has 0 spiro atoms. The van der Waals surface area contributed by atoms with Crippen molar-refractivity contribution in [2.45, 2.75) is 19.0 Å². The molecule has 0 aromatic heterocycles. The highest BCUT2D eigenvalue weighted by Crippen LogP contribution is 1.90. The van der Waals surface area contributed by atoms with Gasteiger partial charge in [0.1, 0.15) is 0 Å². The van der Waals surface area contributed by atoms with Gasteiger partial charge in [-0.25, -0.2) is 0 Å². The summed E-state index contributed by atoms with van der Waals surface area (Å²) in [5.41, 5.74) is 0. The molecule has 0 unspecified atom stereocenters. The Morgan fingerprint density at radius 3 is 2.00 bits per heavy atom. The first-order valence-electron chi connectivity index (χ1n) is 5.11. The predicted octanol–water partition coefficient (Wildman–Crippen LogP) is 0.00170. The summed E-state index contributed by atoms with van der Waals surface area (Å²) < 4.78 is 0. The standard InChI is InChI=1S/C9H23N3S2/c1-3-11-9(7-14)5-12-8(6-13)4-10-2/h8-14H,3-7H2,1-2H3/t8-,9+/m1/s1. The second-order valence-corrected chi connectivity index (χ2v) is 4.01. The van der Waals surface area contributed by atoms with E-state index in [2.05, 4.69) is 48.1 Å². The number of rotatable bonds is 9. The van der Waals surface area contributed by atoms with E-state index >= 15 is 0 Å². The summed E-state index contributed by atoms with van der Waals surface area (Å²) >= 11 is 8.59. The minimum Gasteiger partial charge on any atom is -0.318 e. The Hall–Kier alpha value is 0.580. The van der Waals surface area contributed by atoms with Crippen molar-refractivity contribution in [3.8, 4) is 0 Å². The molecule has 0 aromatic carbocycles. The van der Waals surface area contributed by atoms with Crippen LogP contribution in [-0.4, -0.2) is 50.3 Å². The van der Waals surface area contributed by atoms with Gasteiger partial charge < -0.3 is 16.0 Å². The average molecular weight is 237 g/mol. The van der Waals surface area contributed by atoms with E-state index in [1.165, 1.54) is 0 Å². The van der Waals surface area contributed by atoms with Crippen LogP contribution in [0.4, 0.5) is 0 Å². The third kappa shape index (κ3) is 6.95. The van der Waals surface area contributed by atoms with Gasteiger partial charge in [0, 0.05) is 36.7 Å². The summed E-state index contributed by atoms with van der Waals surface area (Å²) in [6.07, 6.45) is 0. The fourth-order valence-corrected chi connectivity index (χ4v) is 1.76. The Kier molecular flexibility index (Phi) is 10.5. The van der Waals surface area contributed by atoms with Crippen LogP contribution in [-0.2, 0) is 0 Å². The predicted molar refractivity (Wildman–Crippen MR) is 70.9 cm³/mol. The van der Waals surface area contributed by atoms with E-state index in [1.807, 2.05) is 7.05 Å². The summed E-state index contributed by atoms with van der Waals surface area (Å²) in [6.45, 7) is 5.00. The number of thiol groups is 2. The second-order valence-electron chi connectivity index (χ2n) is 3.28. The molecule has 3 N–H and O–H groups in total. The van der Waals surface area contributed by atoms with Crippen LogP contribution >= 0.6 is 25.3 Å². The lowest BCUT2D eigenvalue weighted by Gasteiger charge is -2.21. The van der Waals surface area contributed by atoms with E-state index in [0.717, 1.165) is 31.1 Å². The molecular weight excluding hydrogens is 214 g/mol. The van der Waals surface area contributed by atoms with Crippen molar-refractivity contribution in [2.24, 2.45) is 0 Å². The molecule has 0 aliphatic heterocycles. The maximum absolute atomic E-state index is 4.30. The summed E-state index contributed by atoms with van der Waals surface area (Å²) in [7, 11) is 1.96. The summed E-state index contributed by atoms with van der Waals surface area (Å²) in [6, 6.07) is 0.881. The molecule has 0 saturated heterocycles. The molecule has 86 valence electrons. The lowest BCUT2D eigenvalue weighted by Crippen LogP contribution is -2.47. The van der Waals surface area contributed by atoms with Gasteiger partial charge in [0.15, 0.2) is 0 Å². The highest BCUT2D eigenvalue weighted by atomic mass is 32.1. The van der Waals surface area contributed by atoms with Gasteiger partial charge in [0.25, 0.3) is 0 Å². The average Bonchev–Trinajstić information content (AvgIpc) is 2.22. The smallest absolute Gasteiger partial charge is 0.0281 e. The Bertz CT molecular complexity index is 111. The summed E-state index contributed by atoms with van der Waals surface area (Å²) in [5, 5.41) is 9.97. The molecule has 0 amide bonds. The molecule has 3 nitrogen and oxygen atoms in total. The van der Waals surface area contributed by atoms with Crippen molar-refractivity contribution in [1.29, 1.82) is 0 Å². The van der Waals surface area contributed by atoms with Crippen LogP contribution in [0.2, 0.25) is 0 Å².